The number of benzene rings is 3. The van der Waals surface area contributed by atoms with Crippen molar-refractivity contribution in [3.63, 3.8) is 0 Å². The monoisotopic (exact) mass is 672 g/mol. The van der Waals surface area contributed by atoms with Gasteiger partial charge in [0.15, 0.2) is 0 Å². The molecular weight excluding hydrogens is 627 g/mol. The van der Waals surface area contributed by atoms with Crippen molar-refractivity contribution in [2.75, 3.05) is 0 Å². The van der Waals surface area contributed by atoms with Gasteiger partial charge in [-0.3, -0.25) is 0 Å². The maximum absolute atomic E-state index is 2.57. The van der Waals surface area contributed by atoms with Crippen LogP contribution in [-0.2, 0) is 34.6 Å². The molecule has 0 bridgehead atoms. The summed E-state index contributed by atoms with van der Waals surface area (Å²) in [6.45, 7) is 18.5. The second kappa shape index (κ2) is 17.9. The van der Waals surface area contributed by atoms with Crippen molar-refractivity contribution in [1.82, 2.24) is 0 Å². The first-order chi connectivity index (χ1) is 18.2. The van der Waals surface area contributed by atoms with Gasteiger partial charge in [-0.1, -0.05) is 148 Å². The first-order valence-corrected chi connectivity index (χ1v) is 16.7. The van der Waals surface area contributed by atoms with Crippen LogP contribution in [0.2, 0.25) is 0 Å². The molecule has 4 aromatic carbocycles. The Kier molecular flexibility index (Phi) is 17.4. The predicted octanol–water partition coefficient (Wildman–Crippen LogP) is -1.67. The summed E-state index contributed by atoms with van der Waals surface area (Å²) in [6, 6.07) is 26.9. The predicted molar refractivity (Wildman–Crippen MR) is 171 cm³/mol. The van der Waals surface area contributed by atoms with Crippen molar-refractivity contribution in [2.45, 2.75) is 93.9 Å². The van der Waals surface area contributed by atoms with E-state index in [1.807, 2.05) is 0 Å². The standard InChI is InChI=1S/C37H47Si.3ClH.Ti/c1-9-11-13-32-15-19-34(20-16-32)38(36-24-26(3)23-27(4)25-36,37-30(7)28(5)29(6)31(37)8)35-21-17-33(18-22-35)14-12-10-2;;;;/h15-25H,9-14H2,1-8H3;3*1H;/q-1;;;;+4/p-3. The SMILES string of the molecule is CCCCc1ccc([Si](c2ccc(CCCC)cc2)(c2cc(C)cc(C)c2)[c-]2c(C)c(C)c(C)c2C)cc1.[Cl-].[Cl-].[Cl-].[Ti+4]. The molecule has 0 aliphatic carbocycles. The van der Waals surface area contributed by atoms with Gasteiger partial charge in [-0.2, -0.15) is 22.3 Å². The minimum absolute atomic E-state index is 0. The molecule has 0 spiro atoms. The van der Waals surface area contributed by atoms with Crippen LogP contribution in [-0.4, -0.2) is 8.07 Å². The van der Waals surface area contributed by atoms with E-state index in [0.717, 1.165) is 12.8 Å². The van der Waals surface area contributed by atoms with Crippen LogP contribution in [0.3, 0.4) is 0 Å². The largest absolute Gasteiger partial charge is 4.00 e. The summed E-state index contributed by atoms with van der Waals surface area (Å²) in [5.41, 5.74) is 11.5. The van der Waals surface area contributed by atoms with Gasteiger partial charge in [0, 0.05) is 0 Å². The third-order valence-corrected chi connectivity index (χ3v) is 13.9. The molecule has 0 saturated carbocycles. The van der Waals surface area contributed by atoms with E-state index in [9.17, 15) is 0 Å². The van der Waals surface area contributed by atoms with Gasteiger partial charge >= 0.3 is 21.7 Å². The Hall–Kier alpha value is -1.19. The van der Waals surface area contributed by atoms with E-state index in [-0.39, 0.29) is 58.9 Å². The second-order valence-electron chi connectivity index (χ2n) is 11.6. The summed E-state index contributed by atoms with van der Waals surface area (Å²) < 4.78 is 0. The maximum Gasteiger partial charge on any atom is 4.00 e. The van der Waals surface area contributed by atoms with Crippen molar-refractivity contribution in [1.29, 1.82) is 0 Å². The quantitative estimate of drug-likeness (QED) is 0.107. The van der Waals surface area contributed by atoms with E-state index >= 15 is 0 Å². The van der Waals surface area contributed by atoms with Crippen molar-refractivity contribution in [2.24, 2.45) is 0 Å². The van der Waals surface area contributed by atoms with E-state index in [1.165, 1.54) is 85.8 Å². The van der Waals surface area contributed by atoms with Crippen LogP contribution < -0.4 is 58.0 Å². The van der Waals surface area contributed by atoms with Crippen LogP contribution >= 0.6 is 0 Å². The summed E-state index contributed by atoms with van der Waals surface area (Å²) in [6.07, 6.45) is 7.28. The van der Waals surface area contributed by atoms with Crippen LogP contribution in [0.5, 0.6) is 0 Å². The summed E-state index contributed by atoms with van der Waals surface area (Å²) >= 11 is 0. The third kappa shape index (κ3) is 8.09. The van der Waals surface area contributed by atoms with E-state index in [4.69, 9.17) is 0 Å². The molecule has 4 rings (SSSR count). The summed E-state index contributed by atoms with van der Waals surface area (Å²) in [7, 11) is -2.57. The van der Waals surface area contributed by atoms with E-state index in [2.05, 4.69) is 122 Å². The molecule has 224 valence electrons. The van der Waals surface area contributed by atoms with Crippen LogP contribution in [0, 0.1) is 41.5 Å². The molecule has 5 heteroatoms. The second-order valence-corrected chi connectivity index (χ2v) is 15.3. The topological polar surface area (TPSA) is 0 Å². The van der Waals surface area contributed by atoms with Gasteiger partial charge in [0.05, 0.1) is 0 Å². The molecule has 0 aromatic heterocycles. The number of halogens is 3. The van der Waals surface area contributed by atoms with Gasteiger partial charge in [-0.05, 0) is 50.7 Å². The first-order valence-electron chi connectivity index (χ1n) is 14.7. The zero-order chi connectivity index (χ0) is 27.4. The first kappa shape index (κ1) is 40.8. The molecule has 0 nitrogen and oxygen atoms in total. The summed E-state index contributed by atoms with van der Waals surface area (Å²) in [5, 5.41) is 6.11. The molecule has 0 atom stereocenters. The molecule has 0 fully saturated rings. The smallest absolute Gasteiger partial charge is 1.00 e. The fraction of sp³-hybridized carbons (Fsp3) is 0.378. The Bertz CT molecular complexity index is 1290. The molecule has 4 aromatic rings. The van der Waals surface area contributed by atoms with Crippen molar-refractivity contribution < 1.29 is 58.9 Å². The number of hydrogen-bond acceptors (Lipinski definition) is 0. The normalized spacial score (nSPS) is 10.7. The molecule has 0 heterocycles. The molecule has 0 aliphatic rings. The Balaban J connectivity index is 0.00000420. The van der Waals surface area contributed by atoms with Gasteiger partial charge in [0.2, 0.25) is 0 Å². The Morgan fingerprint density at radius 1 is 0.524 bits per heavy atom. The van der Waals surface area contributed by atoms with Crippen LogP contribution in [0.25, 0.3) is 0 Å². The van der Waals surface area contributed by atoms with E-state index in [0.29, 0.717) is 0 Å². The van der Waals surface area contributed by atoms with Crippen molar-refractivity contribution in [3.8, 4) is 0 Å². The maximum atomic E-state index is 2.49. The average molecular weight is 674 g/mol. The molecule has 0 saturated heterocycles. The Morgan fingerprint density at radius 3 is 1.21 bits per heavy atom. The molecule has 0 amide bonds. The van der Waals surface area contributed by atoms with Gasteiger partial charge in [-0.25, -0.2) is 0 Å². The average Bonchev–Trinajstić information content (AvgIpc) is 3.10. The molecule has 0 unspecified atom stereocenters. The number of unbranched alkanes of at least 4 members (excludes halogenated alkanes) is 2. The molecular formula is C37H47Cl3SiTi. The minimum Gasteiger partial charge on any atom is -1.00 e. The Morgan fingerprint density at radius 2 is 0.881 bits per heavy atom. The zero-order valence-corrected chi connectivity index (χ0v) is 31.6. The number of rotatable bonds is 10. The van der Waals surface area contributed by atoms with Gasteiger partial charge < -0.3 is 37.2 Å². The molecule has 0 radical (unpaired) electrons. The van der Waals surface area contributed by atoms with Gasteiger partial charge in [0.25, 0.3) is 0 Å². The van der Waals surface area contributed by atoms with E-state index < -0.39 is 8.07 Å². The molecule has 0 N–H and O–H groups in total. The van der Waals surface area contributed by atoms with Crippen LogP contribution in [0.1, 0.15) is 84.0 Å². The van der Waals surface area contributed by atoms with Crippen molar-refractivity contribution >= 4 is 28.8 Å². The van der Waals surface area contributed by atoms with Crippen molar-refractivity contribution in [3.05, 3.63) is 111 Å². The van der Waals surface area contributed by atoms with Crippen LogP contribution in [0.4, 0.5) is 0 Å². The summed E-state index contributed by atoms with van der Waals surface area (Å²) in [5.74, 6) is 0. The van der Waals surface area contributed by atoms with Gasteiger partial charge in [-0.15, -0.1) is 5.19 Å². The minimum atomic E-state index is -2.57. The Labute approximate surface area is 291 Å². The van der Waals surface area contributed by atoms with Crippen LogP contribution in [0.15, 0.2) is 66.7 Å². The fourth-order valence-electron chi connectivity index (χ4n) is 6.51. The number of hydrogen-bond donors (Lipinski definition) is 0. The third-order valence-electron chi connectivity index (χ3n) is 8.88. The van der Waals surface area contributed by atoms with Gasteiger partial charge in [0.1, 0.15) is 8.07 Å². The number of aryl methyl sites for hydroxylation is 4. The summed E-state index contributed by atoms with van der Waals surface area (Å²) in [4.78, 5) is 0. The fourth-order valence-corrected chi connectivity index (χ4v) is 12.1. The van der Waals surface area contributed by atoms with E-state index in [1.54, 1.807) is 5.19 Å². The molecule has 0 aliphatic heterocycles. The molecule has 42 heavy (non-hydrogen) atoms. The zero-order valence-electron chi connectivity index (χ0n) is 26.7.